The molecular weight excluding hydrogens is 326 g/mol. The zero-order valence-electron chi connectivity index (χ0n) is 14.7. The Morgan fingerprint density at radius 2 is 2.08 bits per heavy atom. The third-order valence-corrected chi connectivity index (χ3v) is 4.74. The first kappa shape index (κ1) is 18.5. The van der Waals surface area contributed by atoms with Gasteiger partial charge in [0.1, 0.15) is 11.0 Å². The number of anilines is 1. The number of aliphatic hydroxyl groups is 1. The van der Waals surface area contributed by atoms with Gasteiger partial charge in [-0.15, -0.1) is 11.3 Å². The van der Waals surface area contributed by atoms with Crippen LogP contribution in [0.4, 0.5) is 5.69 Å². The van der Waals surface area contributed by atoms with E-state index < -0.39 is 12.1 Å². The average molecular weight is 349 g/mol. The zero-order valence-corrected chi connectivity index (χ0v) is 15.5. The molecule has 0 bridgehead atoms. The lowest BCUT2D eigenvalue weighted by Crippen LogP contribution is -2.49. The fraction of sp³-hybridized carbons (Fsp3) is 0.556. The molecule has 0 unspecified atom stereocenters. The summed E-state index contributed by atoms with van der Waals surface area (Å²) in [5.74, 6) is 5.31. The molecule has 1 saturated heterocycles. The van der Waals surface area contributed by atoms with Gasteiger partial charge in [0.2, 0.25) is 0 Å². The molecule has 2 atom stereocenters. The van der Waals surface area contributed by atoms with Crippen molar-refractivity contribution >= 4 is 28.9 Å². The largest absolute Gasteiger partial charge is 0.465 e. The van der Waals surface area contributed by atoms with Crippen LogP contribution in [-0.4, -0.2) is 36.2 Å². The maximum atomic E-state index is 12.4. The number of methoxy groups -OCH3 is 1. The molecule has 1 amide bonds. The molecule has 1 aliphatic rings. The molecular formula is C18H23NO4S. The number of carbonyl (C=O) groups excluding carboxylic acids is 2. The van der Waals surface area contributed by atoms with Crippen LogP contribution in [0.3, 0.4) is 0 Å². The van der Waals surface area contributed by atoms with Crippen LogP contribution in [0.1, 0.15) is 55.1 Å². The molecule has 5 nitrogen and oxygen atoms in total. The second-order valence-electron chi connectivity index (χ2n) is 6.97. The van der Waals surface area contributed by atoms with Crippen molar-refractivity contribution in [3.05, 3.63) is 15.8 Å². The Kier molecular flexibility index (Phi) is 5.36. The first-order valence-corrected chi connectivity index (χ1v) is 8.72. The van der Waals surface area contributed by atoms with E-state index in [9.17, 15) is 14.7 Å². The molecule has 24 heavy (non-hydrogen) atoms. The van der Waals surface area contributed by atoms with Gasteiger partial charge in [-0.2, -0.15) is 0 Å². The zero-order chi connectivity index (χ0) is 18.1. The lowest BCUT2D eigenvalue weighted by atomic mass is 9.98. The van der Waals surface area contributed by atoms with Crippen molar-refractivity contribution in [2.45, 2.75) is 52.7 Å². The highest BCUT2D eigenvalue weighted by Crippen LogP contribution is 2.35. The molecule has 0 aromatic carbocycles. The van der Waals surface area contributed by atoms with Gasteiger partial charge in [-0.3, -0.25) is 4.79 Å². The highest BCUT2D eigenvalue weighted by molar-refractivity contribution is 7.15. The number of aliphatic hydroxyl groups excluding tert-OH is 1. The molecule has 1 aromatic rings. The first-order chi connectivity index (χ1) is 11.1. The van der Waals surface area contributed by atoms with Crippen LogP contribution >= 0.6 is 11.3 Å². The standard InChI is InChI=1S/C18H23NO4S/c1-11-6-7-14(20)16(21)19(11)13-10-12(8-9-18(2,3)4)24-15(13)17(22)23-5/h10-11,14,20H,6-7H2,1-5H3/t11-,14+/m1/s1. The van der Waals surface area contributed by atoms with Crippen LogP contribution in [0.5, 0.6) is 0 Å². The van der Waals surface area contributed by atoms with Gasteiger partial charge in [-0.05, 0) is 46.6 Å². The number of esters is 1. The van der Waals surface area contributed by atoms with E-state index in [1.165, 1.54) is 23.3 Å². The maximum Gasteiger partial charge on any atom is 0.350 e. The molecule has 0 spiro atoms. The summed E-state index contributed by atoms with van der Waals surface area (Å²) < 4.78 is 4.85. The number of hydrogen-bond acceptors (Lipinski definition) is 5. The van der Waals surface area contributed by atoms with Gasteiger partial charge in [0.25, 0.3) is 5.91 Å². The fourth-order valence-electron chi connectivity index (χ4n) is 2.50. The Hall–Kier alpha value is -1.84. The molecule has 1 aliphatic heterocycles. The highest BCUT2D eigenvalue weighted by atomic mass is 32.1. The van der Waals surface area contributed by atoms with Crippen LogP contribution in [-0.2, 0) is 9.53 Å². The molecule has 1 fully saturated rings. The van der Waals surface area contributed by atoms with Crippen LogP contribution in [0.2, 0.25) is 0 Å². The minimum Gasteiger partial charge on any atom is -0.465 e. The lowest BCUT2D eigenvalue weighted by molar-refractivity contribution is -0.129. The Morgan fingerprint density at radius 3 is 2.67 bits per heavy atom. The Labute approximate surface area is 146 Å². The van der Waals surface area contributed by atoms with Gasteiger partial charge in [0.05, 0.1) is 17.7 Å². The summed E-state index contributed by atoms with van der Waals surface area (Å²) in [7, 11) is 1.31. The highest BCUT2D eigenvalue weighted by Gasteiger charge is 2.36. The van der Waals surface area contributed by atoms with E-state index in [1.54, 1.807) is 6.07 Å². The average Bonchev–Trinajstić information content (AvgIpc) is 2.92. The lowest BCUT2D eigenvalue weighted by Gasteiger charge is -2.35. The predicted octanol–water partition coefficient (Wildman–Crippen LogP) is 2.81. The molecule has 6 heteroatoms. The van der Waals surface area contributed by atoms with Crippen molar-refractivity contribution in [3.8, 4) is 11.8 Å². The predicted molar refractivity (Wildman–Crippen MR) is 94.2 cm³/mol. The summed E-state index contributed by atoms with van der Waals surface area (Å²) in [6.07, 6.45) is 0.0766. The van der Waals surface area contributed by atoms with E-state index in [0.29, 0.717) is 28.3 Å². The molecule has 0 saturated carbocycles. The Morgan fingerprint density at radius 1 is 1.42 bits per heavy atom. The number of carbonyl (C=O) groups is 2. The number of ether oxygens (including phenoxy) is 1. The summed E-state index contributed by atoms with van der Waals surface area (Å²) in [6.45, 7) is 7.91. The van der Waals surface area contributed by atoms with E-state index in [2.05, 4.69) is 11.8 Å². The van der Waals surface area contributed by atoms with E-state index in [1.807, 2.05) is 27.7 Å². The summed E-state index contributed by atoms with van der Waals surface area (Å²) in [4.78, 5) is 27.1. The molecule has 1 N–H and O–H groups in total. The van der Waals surface area contributed by atoms with Crippen LogP contribution in [0, 0.1) is 17.3 Å². The van der Waals surface area contributed by atoms with Crippen LogP contribution in [0.15, 0.2) is 6.07 Å². The van der Waals surface area contributed by atoms with Gasteiger partial charge in [-0.25, -0.2) is 4.79 Å². The van der Waals surface area contributed by atoms with Crippen LogP contribution in [0.25, 0.3) is 0 Å². The van der Waals surface area contributed by atoms with Crippen molar-refractivity contribution < 1.29 is 19.4 Å². The molecule has 0 radical (unpaired) electrons. The van der Waals surface area contributed by atoms with Crippen molar-refractivity contribution in [1.82, 2.24) is 0 Å². The van der Waals surface area contributed by atoms with Gasteiger partial charge in [-0.1, -0.05) is 11.8 Å². The minimum absolute atomic E-state index is 0.0951. The monoisotopic (exact) mass is 349 g/mol. The van der Waals surface area contributed by atoms with Gasteiger partial charge in [0, 0.05) is 11.5 Å². The van der Waals surface area contributed by atoms with Gasteiger partial charge in [0.15, 0.2) is 0 Å². The minimum atomic E-state index is -1.03. The van der Waals surface area contributed by atoms with Crippen molar-refractivity contribution in [1.29, 1.82) is 0 Å². The van der Waals surface area contributed by atoms with Crippen LogP contribution < -0.4 is 4.90 Å². The number of nitrogens with zero attached hydrogens (tertiary/aromatic N) is 1. The topological polar surface area (TPSA) is 66.8 Å². The second kappa shape index (κ2) is 6.96. The summed E-state index contributed by atoms with van der Waals surface area (Å²) in [5.41, 5.74) is 0.307. The molecule has 1 aromatic heterocycles. The van der Waals surface area contributed by atoms with E-state index in [4.69, 9.17) is 4.74 Å². The van der Waals surface area contributed by atoms with E-state index in [-0.39, 0.29) is 17.4 Å². The normalized spacial score (nSPS) is 21.2. The van der Waals surface area contributed by atoms with Crippen molar-refractivity contribution in [2.24, 2.45) is 5.41 Å². The van der Waals surface area contributed by atoms with E-state index in [0.717, 1.165) is 0 Å². The SMILES string of the molecule is COC(=O)c1sc(C#CC(C)(C)C)cc1N1C(=O)[C@@H](O)CC[C@H]1C. The van der Waals surface area contributed by atoms with E-state index >= 15 is 0 Å². The quantitative estimate of drug-likeness (QED) is 0.659. The molecule has 2 rings (SSSR count). The second-order valence-corrected chi connectivity index (χ2v) is 8.02. The number of rotatable bonds is 2. The number of thiophene rings is 1. The number of amides is 1. The van der Waals surface area contributed by atoms with Gasteiger partial charge >= 0.3 is 5.97 Å². The van der Waals surface area contributed by atoms with Crippen molar-refractivity contribution in [3.63, 3.8) is 0 Å². The fourth-order valence-corrected chi connectivity index (χ4v) is 3.42. The smallest absolute Gasteiger partial charge is 0.350 e. The summed E-state index contributed by atoms with van der Waals surface area (Å²) in [5, 5.41) is 9.90. The molecule has 130 valence electrons. The van der Waals surface area contributed by atoms with Crippen molar-refractivity contribution in [2.75, 3.05) is 12.0 Å². The summed E-state index contributed by atoms with van der Waals surface area (Å²) >= 11 is 1.21. The third kappa shape index (κ3) is 3.97. The Balaban J connectivity index is 2.50. The van der Waals surface area contributed by atoms with Gasteiger partial charge < -0.3 is 14.7 Å². The third-order valence-electron chi connectivity index (χ3n) is 3.72. The summed E-state index contributed by atoms with van der Waals surface area (Å²) in [6, 6.07) is 1.64. The Bertz CT molecular complexity index is 705. The molecule has 2 heterocycles. The first-order valence-electron chi connectivity index (χ1n) is 7.90. The maximum absolute atomic E-state index is 12.4. The molecule has 0 aliphatic carbocycles. The number of hydrogen-bond donors (Lipinski definition) is 1. The number of piperidine rings is 1.